The van der Waals surface area contributed by atoms with Crippen molar-refractivity contribution in [3.05, 3.63) is 70.5 Å². The summed E-state index contributed by atoms with van der Waals surface area (Å²) in [6, 6.07) is 10.8. The first-order valence-corrected chi connectivity index (χ1v) is 7.76. The lowest BCUT2D eigenvalue weighted by molar-refractivity contribution is 0.100. The van der Waals surface area contributed by atoms with Crippen molar-refractivity contribution in [2.24, 2.45) is 16.5 Å². The van der Waals surface area contributed by atoms with Crippen LogP contribution < -0.4 is 16.2 Å². The second-order valence-corrected chi connectivity index (χ2v) is 5.76. The molecule has 130 valence electrons. The van der Waals surface area contributed by atoms with Crippen LogP contribution in [0.2, 0.25) is 0 Å². The maximum absolute atomic E-state index is 13.5. The Bertz CT molecular complexity index is 1000. The second-order valence-electron chi connectivity index (χ2n) is 5.76. The lowest BCUT2D eigenvalue weighted by Gasteiger charge is -2.24. The summed E-state index contributed by atoms with van der Waals surface area (Å²) in [4.78, 5) is 15.6. The molecule has 2 aromatic carbocycles. The predicted molar refractivity (Wildman–Crippen MR) is 94.9 cm³/mol. The van der Waals surface area contributed by atoms with E-state index in [9.17, 15) is 14.4 Å². The molecule has 0 saturated heterocycles. The van der Waals surface area contributed by atoms with Gasteiger partial charge < -0.3 is 16.2 Å². The number of nitrogens with zero attached hydrogens (tertiary/aromatic N) is 2. The molecule has 2 aromatic rings. The highest BCUT2D eigenvalue weighted by Crippen LogP contribution is 2.38. The summed E-state index contributed by atoms with van der Waals surface area (Å²) >= 11 is 0. The molecule has 0 fully saturated rings. The number of halogens is 1. The molecule has 0 spiro atoms. The maximum atomic E-state index is 13.5. The summed E-state index contributed by atoms with van der Waals surface area (Å²) in [5.41, 5.74) is 12.8. The largest absolute Gasteiger partial charge is 0.486 e. The highest BCUT2D eigenvalue weighted by molar-refractivity contribution is 6.03. The zero-order chi connectivity index (χ0) is 18.8. The fourth-order valence-corrected chi connectivity index (χ4v) is 2.80. The maximum Gasteiger partial charge on any atom is 0.280 e. The third kappa shape index (κ3) is 3.26. The van der Waals surface area contributed by atoms with E-state index in [1.807, 2.05) is 19.1 Å². The topological polar surface area (TPSA) is 114 Å². The summed E-state index contributed by atoms with van der Waals surface area (Å²) in [6.07, 6.45) is 1.55. The number of hydrogen-bond donors (Lipinski definition) is 2. The third-order valence-corrected chi connectivity index (χ3v) is 3.85. The molecule has 1 aliphatic rings. The monoisotopic (exact) mass is 350 g/mol. The molecule has 0 aromatic heterocycles. The van der Waals surface area contributed by atoms with Crippen LogP contribution in [0.15, 0.2) is 47.5 Å². The van der Waals surface area contributed by atoms with Crippen LogP contribution in [-0.2, 0) is 0 Å². The van der Waals surface area contributed by atoms with E-state index in [1.54, 1.807) is 18.2 Å². The molecular weight excluding hydrogens is 335 g/mol. The van der Waals surface area contributed by atoms with E-state index in [-0.39, 0.29) is 23.2 Å². The van der Waals surface area contributed by atoms with Crippen LogP contribution in [0.4, 0.5) is 4.39 Å². The standard InChI is InChI=1S/C19H15FN4O2/c1-10-6-15(14-4-3-13(20)7-12(14)9-21)16-8-11(2-5-17(16)26-10)18(25)24-19(22)23/h2-8,10H,1H3,(H4,22,23,24,25). The molecule has 1 atom stereocenters. The number of hydrogen-bond acceptors (Lipinski definition) is 3. The van der Waals surface area contributed by atoms with Crippen molar-refractivity contribution < 1.29 is 13.9 Å². The number of nitriles is 1. The zero-order valence-electron chi connectivity index (χ0n) is 13.9. The van der Waals surface area contributed by atoms with Gasteiger partial charge in [0.25, 0.3) is 5.91 Å². The molecule has 0 saturated carbocycles. The minimum atomic E-state index is -0.592. The van der Waals surface area contributed by atoms with Crippen LogP contribution in [0.25, 0.3) is 5.57 Å². The predicted octanol–water partition coefficient (Wildman–Crippen LogP) is 2.32. The fraction of sp³-hybridized carbons (Fsp3) is 0.105. The summed E-state index contributed by atoms with van der Waals surface area (Å²) < 4.78 is 19.3. The normalized spacial score (nSPS) is 15.1. The Hall–Kier alpha value is -3.66. The first kappa shape index (κ1) is 17.2. The molecule has 0 aliphatic carbocycles. The van der Waals surface area contributed by atoms with Gasteiger partial charge in [0.2, 0.25) is 0 Å². The van der Waals surface area contributed by atoms with Gasteiger partial charge in [-0.05, 0) is 48.9 Å². The van der Waals surface area contributed by atoms with E-state index < -0.39 is 11.7 Å². The van der Waals surface area contributed by atoms with E-state index >= 15 is 0 Å². The quantitative estimate of drug-likeness (QED) is 0.637. The van der Waals surface area contributed by atoms with Gasteiger partial charge in [-0.2, -0.15) is 10.3 Å². The lowest BCUT2D eigenvalue weighted by Crippen LogP contribution is -2.24. The van der Waals surface area contributed by atoms with Crippen molar-refractivity contribution >= 4 is 17.4 Å². The Morgan fingerprint density at radius 2 is 2.00 bits per heavy atom. The van der Waals surface area contributed by atoms with Crippen LogP contribution in [0.5, 0.6) is 5.75 Å². The molecule has 1 aliphatic heterocycles. The van der Waals surface area contributed by atoms with Gasteiger partial charge in [0.15, 0.2) is 5.96 Å². The molecule has 6 nitrogen and oxygen atoms in total. The van der Waals surface area contributed by atoms with Crippen molar-refractivity contribution in [3.8, 4) is 11.8 Å². The minimum Gasteiger partial charge on any atom is -0.486 e. The molecule has 1 unspecified atom stereocenters. The SMILES string of the molecule is CC1C=C(c2ccc(F)cc2C#N)c2cc(C(=O)N=C(N)N)ccc2O1. The summed E-state index contributed by atoms with van der Waals surface area (Å²) in [5.74, 6) is -0.878. The van der Waals surface area contributed by atoms with Gasteiger partial charge in [0.1, 0.15) is 17.7 Å². The van der Waals surface area contributed by atoms with E-state index in [0.717, 1.165) is 0 Å². The number of fused-ring (bicyclic) bond motifs is 1. The first-order valence-electron chi connectivity index (χ1n) is 7.76. The van der Waals surface area contributed by atoms with E-state index in [2.05, 4.69) is 4.99 Å². The van der Waals surface area contributed by atoms with Gasteiger partial charge in [-0.1, -0.05) is 6.07 Å². The average molecular weight is 350 g/mol. The smallest absolute Gasteiger partial charge is 0.280 e. The number of aliphatic imine (C=N–C) groups is 1. The number of amides is 1. The van der Waals surface area contributed by atoms with Crippen molar-refractivity contribution in [2.45, 2.75) is 13.0 Å². The molecule has 7 heteroatoms. The Balaban J connectivity index is 2.17. The zero-order valence-corrected chi connectivity index (χ0v) is 13.9. The Morgan fingerprint density at radius 1 is 1.23 bits per heavy atom. The minimum absolute atomic E-state index is 0.192. The lowest BCUT2D eigenvalue weighted by atomic mass is 9.90. The first-order chi connectivity index (χ1) is 12.4. The average Bonchev–Trinajstić information content (AvgIpc) is 2.60. The fourth-order valence-electron chi connectivity index (χ4n) is 2.80. The van der Waals surface area contributed by atoms with E-state index in [0.29, 0.717) is 22.4 Å². The van der Waals surface area contributed by atoms with Gasteiger partial charge >= 0.3 is 0 Å². The van der Waals surface area contributed by atoms with Gasteiger partial charge in [-0.15, -0.1) is 0 Å². The highest BCUT2D eigenvalue weighted by atomic mass is 19.1. The van der Waals surface area contributed by atoms with Gasteiger partial charge in [-0.25, -0.2) is 4.39 Å². The number of ether oxygens (including phenoxy) is 1. The second kappa shape index (κ2) is 6.69. The van der Waals surface area contributed by atoms with Crippen LogP contribution >= 0.6 is 0 Å². The van der Waals surface area contributed by atoms with Crippen molar-refractivity contribution in [3.63, 3.8) is 0 Å². The van der Waals surface area contributed by atoms with Crippen molar-refractivity contribution in [1.29, 1.82) is 5.26 Å². The van der Waals surface area contributed by atoms with Crippen LogP contribution in [0, 0.1) is 17.1 Å². The van der Waals surface area contributed by atoms with E-state index in [4.69, 9.17) is 16.2 Å². The van der Waals surface area contributed by atoms with Crippen LogP contribution in [0.1, 0.15) is 34.0 Å². The number of rotatable bonds is 2. The molecule has 0 bridgehead atoms. The molecular formula is C19H15FN4O2. The Labute approximate surface area is 149 Å². The number of guanidine groups is 1. The summed E-state index contributed by atoms with van der Waals surface area (Å²) in [6.45, 7) is 1.84. The van der Waals surface area contributed by atoms with Gasteiger partial charge in [0, 0.05) is 16.7 Å². The Kier molecular flexibility index (Phi) is 4.42. The number of carbonyl (C=O) groups is 1. The summed E-state index contributed by atoms with van der Waals surface area (Å²) in [5, 5.41) is 9.35. The highest BCUT2D eigenvalue weighted by Gasteiger charge is 2.23. The van der Waals surface area contributed by atoms with Crippen molar-refractivity contribution in [2.75, 3.05) is 0 Å². The number of carbonyl (C=O) groups excluding carboxylic acids is 1. The van der Waals surface area contributed by atoms with Crippen LogP contribution in [0.3, 0.4) is 0 Å². The Morgan fingerprint density at radius 3 is 2.69 bits per heavy atom. The molecule has 4 N–H and O–H groups in total. The molecule has 26 heavy (non-hydrogen) atoms. The number of benzene rings is 2. The van der Waals surface area contributed by atoms with Crippen LogP contribution in [-0.4, -0.2) is 18.0 Å². The molecule has 0 radical (unpaired) electrons. The number of nitrogens with two attached hydrogens (primary N) is 2. The van der Waals surface area contributed by atoms with E-state index in [1.165, 1.54) is 18.2 Å². The molecule has 1 heterocycles. The molecule has 1 amide bonds. The van der Waals surface area contributed by atoms with Gasteiger partial charge in [0.05, 0.1) is 11.6 Å². The van der Waals surface area contributed by atoms with Crippen molar-refractivity contribution in [1.82, 2.24) is 0 Å². The third-order valence-electron chi connectivity index (χ3n) is 3.85. The summed E-state index contributed by atoms with van der Waals surface area (Å²) in [7, 11) is 0. The molecule has 3 rings (SSSR count). The van der Waals surface area contributed by atoms with Gasteiger partial charge in [-0.3, -0.25) is 4.79 Å².